The van der Waals surface area contributed by atoms with Crippen LogP contribution < -0.4 is 4.90 Å². The number of rotatable bonds is 7. The van der Waals surface area contributed by atoms with Gasteiger partial charge in [-0.05, 0) is 41.6 Å². The van der Waals surface area contributed by atoms with E-state index in [2.05, 4.69) is 10.2 Å². The van der Waals surface area contributed by atoms with Crippen LogP contribution in [0.25, 0.3) is 6.08 Å². The van der Waals surface area contributed by atoms with Crippen LogP contribution >= 0.6 is 11.8 Å². The van der Waals surface area contributed by atoms with Crippen LogP contribution in [-0.2, 0) is 16.9 Å². The van der Waals surface area contributed by atoms with Gasteiger partial charge in [0, 0.05) is 31.4 Å². The molecule has 1 fully saturated rings. The molecule has 1 aromatic heterocycles. The third kappa shape index (κ3) is 4.85. The van der Waals surface area contributed by atoms with E-state index in [0.717, 1.165) is 44.8 Å². The summed E-state index contributed by atoms with van der Waals surface area (Å²) in [7, 11) is 3.81. The van der Waals surface area contributed by atoms with E-state index in [9.17, 15) is 23.5 Å². The molecule has 2 amide bonds. The monoisotopic (exact) mass is 485 g/mol. The lowest BCUT2D eigenvalue weighted by Crippen LogP contribution is -2.46. The largest absolute Gasteiger partial charge is 0.381 e. The molecule has 0 spiro atoms. The predicted octanol–water partition coefficient (Wildman–Crippen LogP) is 3.25. The summed E-state index contributed by atoms with van der Waals surface area (Å²) >= 11 is 0.723. The van der Waals surface area contributed by atoms with Crippen LogP contribution in [0.15, 0.2) is 59.8 Å². The van der Waals surface area contributed by atoms with Gasteiger partial charge in [0.25, 0.3) is 11.1 Å². The molecule has 0 bridgehead atoms. The fourth-order valence-electron chi connectivity index (χ4n) is 3.56. The zero-order valence-corrected chi connectivity index (χ0v) is 19.2. The Morgan fingerprint density at radius 3 is 2.35 bits per heavy atom. The highest BCUT2D eigenvalue weighted by atomic mass is 32.2. The zero-order chi connectivity index (χ0) is 24.5. The maximum absolute atomic E-state index is 14.6. The molecule has 34 heavy (non-hydrogen) atoms. The molecule has 8 nitrogen and oxygen atoms in total. The lowest BCUT2D eigenvalue weighted by Gasteiger charge is -2.31. The summed E-state index contributed by atoms with van der Waals surface area (Å²) in [4.78, 5) is 29.8. The van der Waals surface area contributed by atoms with E-state index in [1.807, 2.05) is 43.3 Å². The van der Waals surface area contributed by atoms with Gasteiger partial charge >= 0.3 is 0 Å². The summed E-state index contributed by atoms with van der Waals surface area (Å²) in [5.74, 6) is -2.46. The summed E-state index contributed by atoms with van der Waals surface area (Å²) in [6.45, 7) is -0.937. The number of carbonyl (C=O) groups excluding carboxylic acids is 2. The molecule has 4 rings (SSSR count). The number of hydrogen-bond donors (Lipinski definition) is 1. The molecule has 11 heteroatoms. The van der Waals surface area contributed by atoms with Gasteiger partial charge in [0.1, 0.15) is 17.2 Å². The van der Waals surface area contributed by atoms with Gasteiger partial charge < -0.3 is 10.0 Å². The van der Waals surface area contributed by atoms with Crippen molar-refractivity contribution in [3.63, 3.8) is 0 Å². The highest BCUT2D eigenvalue weighted by molar-refractivity contribution is 8.18. The number of carbonyl (C=O) groups is 2. The summed E-state index contributed by atoms with van der Waals surface area (Å²) in [5.41, 5.74) is -0.694. The van der Waals surface area contributed by atoms with Crippen LogP contribution in [0.1, 0.15) is 11.1 Å². The Labute approximate surface area is 198 Å². The minimum Gasteiger partial charge on any atom is -0.381 e. The van der Waals surface area contributed by atoms with Gasteiger partial charge in [-0.15, -0.1) is 0 Å². The first-order valence-electron chi connectivity index (χ1n) is 10.2. The van der Waals surface area contributed by atoms with Gasteiger partial charge in [0.2, 0.25) is 0 Å². The van der Waals surface area contributed by atoms with Crippen molar-refractivity contribution in [2.45, 2.75) is 12.1 Å². The number of aromatic nitrogens is 3. The van der Waals surface area contributed by atoms with Gasteiger partial charge in [-0.3, -0.25) is 14.5 Å². The maximum atomic E-state index is 14.6. The van der Waals surface area contributed by atoms with Crippen molar-refractivity contribution in [2.24, 2.45) is 0 Å². The second-order valence-electron chi connectivity index (χ2n) is 7.97. The molecule has 1 aliphatic heterocycles. The standard InChI is InChI=1S/C23H21F2N5O3S/c1-28(2)17-6-3-15(4-7-17)11-20-21(31)29(22(32)34-20)13-23(33,14-30-26-9-10-27-30)18-8-5-16(24)12-19(18)25/h3-12,33H,13-14H2,1-2H3/b20-11-. The van der Waals surface area contributed by atoms with Gasteiger partial charge in [-0.25, -0.2) is 8.78 Å². The highest BCUT2D eigenvalue weighted by Gasteiger charge is 2.43. The molecular weight excluding hydrogens is 464 g/mol. The maximum Gasteiger partial charge on any atom is 0.293 e. The second kappa shape index (κ2) is 9.35. The molecule has 1 unspecified atom stereocenters. The Kier molecular flexibility index (Phi) is 6.49. The molecule has 0 saturated carbocycles. The number of imide groups is 1. The third-order valence-corrected chi connectivity index (χ3v) is 6.21. The summed E-state index contributed by atoms with van der Waals surface area (Å²) in [5, 5.41) is 18.7. The number of nitrogens with zero attached hydrogens (tertiary/aromatic N) is 5. The van der Waals surface area contributed by atoms with E-state index in [1.54, 1.807) is 6.08 Å². The number of halogens is 2. The Morgan fingerprint density at radius 1 is 1.06 bits per heavy atom. The number of amides is 2. The molecule has 1 N–H and O–H groups in total. The van der Waals surface area contributed by atoms with E-state index in [-0.39, 0.29) is 17.0 Å². The van der Waals surface area contributed by atoms with Crippen LogP contribution in [-0.4, -0.2) is 56.8 Å². The Bertz CT molecular complexity index is 1250. The number of anilines is 1. The summed E-state index contributed by atoms with van der Waals surface area (Å²) < 4.78 is 28.1. The van der Waals surface area contributed by atoms with Crippen LogP contribution in [0, 0.1) is 11.6 Å². The highest BCUT2D eigenvalue weighted by Crippen LogP contribution is 2.36. The average molecular weight is 486 g/mol. The molecule has 3 aromatic rings. The third-order valence-electron chi connectivity index (χ3n) is 5.30. The lowest BCUT2D eigenvalue weighted by molar-refractivity contribution is -0.126. The smallest absolute Gasteiger partial charge is 0.293 e. The molecule has 2 aromatic carbocycles. The van der Waals surface area contributed by atoms with E-state index in [4.69, 9.17) is 0 Å². The number of benzene rings is 2. The van der Waals surface area contributed by atoms with Crippen molar-refractivity contribution in [1.82, 2.24) is 19.9 Å². The zero-order valence-electron chi connectivity index (χ0n) is 18.4. The topological polar surface area (TPSA) is 91.6 Å². The first-order chi connectivity index (χ1) is 16.2. The molecule has 176 valence electrons. The molecule has 2 heterocycles. The molecule has 0 aliphatic carbocycles. The first kappa shape index (κ1) is 23.6. The predicted molar refractivity (Wildman–Crippen MR) is 124 cm³/mol. The van der Waals surface area contributed by atoms with E-state index in [0.29, 0.717) is 6.07 Å². The van der Waals surface area contributed by atoms with Crippen LogP contribution in [0.5, 0.6) is 0 Å². The summed E-state index contributed by atoms with van der Waals surface area (Å²) in [6.07, 6.45) is 4.31. The lowest BCUT2D eigenvalue weighted by atomic mass is 9.92. The second-order valence-corrected chi connectivity index (χ2v) is 8.96. The summed E-state index contributed by atoms with van der Waals surface area (Å²) in [6, 6.07) is 10.1. The van der Waals surface area contributed by atoms with Crippen molar-refractivity contribution in [3.8, 4) is 0 Å². The molecular formula is C23H21F2N5O3S. The van der Waals surface area contributed by atoms with Crippen LogP contribution in [0.3, 0.4) is 0 Å². The Morgan fingerprint density at radius 2 is 1.74 bits per heavy atom. The van der Waals surface area contributed by atoms with Crippen LogP contribution in [0.2, 0.25) is 0 Å². The minimum absolute atomic E-state index is 0.168. The number of β-amino-alcohol motifs (C(OH)–C–C–N with tert-alkyl or cyclic N) is 1. The van der Waals surface area contributed by atoms with E-state index in [1.165, 1.54) is 12.4 Å². The number of hydrogen-bond acceptors (Lipinski definition) is 7. The van der Waals surface area contributed by atoms with E-state index >= 15 is 0 Å². The SMILES string of the molecule is CN(C)c1ccc(/C=C2\SC(=O)N(CC(O)(Cn3nccn3)c3ccc(F)cc3F)C2=O)cc1. The van der Waals surface area contributed by atoms with Gasteiger partial charge in [0.15, 0.2) is 0 Å². The van der Waals surface area contributed by atoms with Gasteiger partial charge in [0.05, 0.1) is 30.4 Å². The van der Waals surface area contributed by atoms with Crippen molar-refractivity contribution in [3.05, 3.63) is 82.5 Å². The molecule has 0 radical (unpaired) electrons. The van der Waals surface area contributed by atoms with Gasteiger partial charge in [-0.2, -0.15) is 15.0 Å². The minimum atomic E-state index is -2.11. The van der Waals surface area contributed by atoms with Crippen molar-refractivity contribution >= 4 is 34.7 Å². The van der Waals surface area contributed by atoms with Crippen molar-refractivity contribution in [2.75, 3.05) is 25.5 Å². The van der Waals surface area contributed by atoms with Crippen molar-refractivity contribution in [1.29, 1.82) is 0 Å². The first-order valence-corrected chi connectivity index (χ1v) is 11.0. The van der Waals surface area contributed by atoms with Crippen LogP contribution in [0.4, 0.5) is 19.3 Å². The Balaban J connectivity index is 1.63. The molecule has 1 saturated heterocycles. The number of thioether (sulfide) groups is 1. The molecule has 1 aliphatic rings. The normalized spacial score (nSPS) is 16.9. The molecule has 1 atom stereocenters. The van der Waals surface area contributed by atoms with E-state index < -0.39 is 34.9 Å². The van der Waals surface area contributed by atoms with Crippen molar-refractivity contribution < 1.29 is 23.5 Å². The average Bonchev–Trinajstić information content (AvgIpc) is 3.37. The number of aliphatic hydroxyl groups is 1. The van der Waals surface area contributed by atoms with Gasteiger partial charge in [-0.1, -0.05) is 18.2 Å². The fourth-order valence-corrected chi connectivity index (χ4v) is 4.40. The quantitative estimate of drug-likeness (QED) is 0.514. The fraction of sp³-hybridized carbons (Fsp3) is 0.217. The Hall–Kier alpha value is -3.57.